The summed E-state index contributed by atoms with van der Waals surface area (Å²) in [6.07, 6.45) is 0.00726. The SMILES string of the molecule is CCC[C@H](NC(=O)[C@@H]1C[C@]2(CC(c3cc(C)c(OCC)c(C)c3)=NO2)CN1C(=O)[C@@H](NC(=O)OC(C)C(C)C)C(C)(C)C)C(=O)C(=O)NC. The van der Waals surface area contributed by atoms with Gasteiger partial charge in [0.25, 0.3) is 5.91 Å². The predicted octanol–water partition coefficient (Wildman–Crippen LogP) is 3.95. The maximum Gasteiger partial charge on any atom is 0.408 e. The van der Waals surface area contributed by atoms with Gasteiger partial charge in [-0.25, -0.2) is 4.79 Å². The zero-order valence-electron chi connectivity index (χ0n) is 30.9. The van der Waals surface area contributed by atoms with Gasteiger partial charge in [-0.2, -0.15) is 0 Å². The molecule has 4 amide bonds. The van der Waals surface area contributed by atoms with Gasteiger partial charge in [-0.3, -0.25) is 19.2 Å². The fourth-order valence-corrected chi connectivity index (χ4v) is 6.15. The van der Waals surface area contributed by atoms with Crippen molar-refractivity contribution in [1.29, 1.82) is 0 Å². The van der Waals surface area contributed by atoms with Gasteiger partial charge in [-0.05, 0) is 68.7 Å². The Balaban J connectivity index is 1.98. The number of ether oxygens (including phenoxy) is 2. The van der Waals surface area contributed by atoms with Gasteiger partial charge >= 0.3 is 6.09 Å². The third-order valence-electron chi connectivity index (χ3n) is 9.18. The second kappa shape index (κ2) is 16.0. The quantitative estimate of drug-likeness (QED) is 0.263. The van der Waals surface area contributed by atoms with Gasteiger partial charge < -0.3 is 35.2 Å². The molecule has 13 nitrogen and oxygen atoms in total. The Morgan fingerprint density at radius 2 is 1.69 bits per heavy atom. The lowest BCUT2D eigenvalue weighted by Crippen LogP contribution is -2.59. The first-order valence-electron chi connectivity index (χ1n) is 17.2. The molecule has 1 saturated heterocycles. The second-order valence-electron chi connectivity index (χ2n) is 14.6. The number of nitrogens with one attached hydrogen (secondary N) is 3. The van der Waals surface area contributed by atoms with Crippen molar-refractivity contribution in [2.75, 3.05) is 20.2 Å². The molecule has 0 aliphatic carbocycles. The van der Waals surface area contributed by atoms with Crippen molar-refractivity contribution in [3.05, 3.63) is 28.8 Å². The third kappa shape index (κ3) is 9.30. The predicted molar refractivity (Wildman–Crippen MR) is 185 cm³/mol. The highest BCUT2D eigenvalue weighted by molar-refractivity contribution is 6.38. The van der Waals surface area contributed by atoms with E-state index >= 15 is 0 Å². The Bertz CT molecular complexity index is 1430. The van der Waals surface area contributed by atoms with E-state index < -0.39 is 64.8 Å². The summed E-state index contributed by atoms with van der Waals surface area (Å²) >= 11 is 0. The number of Topliss-reactive ketones (excluding diaryl/α,β-unsaturated/α-hetero) is 1. The van der Waals surface area contributed by atoms with Crippen LogP contribution in [0.4, 0.5) is 4.79 Å². The Labute approximate surface area is 290 Å². The van der Waals surface area contributed by atoms with Gasteiger partial charge in [0.1, 0.15) is 23.9 Å². The first-order chi connectivity index (χ1) is 22.9. The molecule has 0 aromatic heterocycles. The van der Waals surface area contributed by atoms with Crippen LogP contribution < -0.4 is 20.7 Å². The van der Waals surface area contributed by atoms with Crippen molar-refractivity contribution >= 4 is 35.3 Å². The molecule has 0 saturated carbocycles. The second-order valence-corrected chi connectivity index (χ2v) is 14.6. The Hall–Kier alpha value is -4.16. The van der Waals surface area contributed by atoms with Gasteiger partial charge in [0, 0.05) is 25.5 Å². The first kappa shape index (κ1) is 39.3. The summed E-state index contributed by atoms with van der Waals surface area (Å²) in [4.78, 5) is 74.1. The van der Waals surface area contributed by atoms with Crippen molar-refractivity contribution in [3.63, 3.8) is 0 Å². The number of alkyl carbamates (subject to hydrolysis) is 1. The van der Waals surface area contributed by atoms with Crippen molar-refractivity contribution in [2.24, 2.45) is 16.5 Å². The molecule has 2 aliphatic rings. The van der Waals surface area contributed by atoms with Crippen LogP contribution in [0, 0.1) is 25.2 Å². The average molecular weight is 686 g/mol. The molecule has 2 heterocycles. The van der Waals surface area contributed by atoms with E-state index in [-0.39, 0.29) is 25.3 Å². The molecule has 1 aromatic carbocycles. The number of likely N-dealkylation sites (tertiary alicyclic amines) is 1. The van der Waals surface area contributed by atoms with E-state index in [1.165, 1.54) is 11.9 Å². The number of hydrogen-bond donors (Lipinski definition) is 3. The summed E-state index contributed by atoms with van der Waals surface area (Å²) in [5.74, 6) is -1.83. The van der Waals surface area contributed by atoms with Gasteiger partial charge in [-0.1, -0.05) is 53.1 Å². The molecule has 5 atom stereocenters. The van der Waals surface area contributed by atoms with E-state index in [0.29, 0.717) is 25.2 Å². The van der Waals surface area contributed by atoms with Crippen molar-refractivity contribution in [1.82, 2.24) is 20.9 Å². The van der Waals surface area contributed by atoms with Crippen LogP contribution in [0.15, 0.2) is 17.3 Å². The smallest absolute Gasteiger partial charge is 0.408 e. The van der Waals surface area contributed by atoms with E-state index in [2.05, 4.69) is 21.1 Å². The van der Waals surface area contributed by atoms with E-state index in [9.17, 15) is 24.0 Å². The number of likely N-dealkylation sites (N-methyl/N-ethyl adjacent to an activating group) is 1. The molecule has 3 rings (SSSR count). The molecule has 2 aliphatic heterocycles. The summed E-state index contributed by atoms with van der Waals surface area (Å²) in [5, 5.41) is 12.2. The number of nitrogens with zero attached hydrogens (tertiary/aromatic N) is 2. The van der Waals surface area contributed by atoms with E-state index in [1.807, 2.05) is 74.4 Å². The van der Waals surface area contributed by atoms with Gasteiger partial charge in [0.05, 0.1) is 24.9 Å². The molecule has 0 bridgehead atoms. The number of amides is 4. The van der Waals surface area contributed by atoms with E-state index in [1.54, 1.807) is 6.92 Å². The molecule has 13 heteroatoms. The number of ketones is 1. The summed E-state index contributed by atoms with van der Waals surface area (Å²) in [5.41, 5.74) is 1.58. The van der Waals surface area contributed by atoms with Crippen LogP contribution in [0.1, 0.15) is 97.8 Å². The van der Waals surface area contributed by atoms with Crippen LogP contribution in [0.5, 0.6) is 5.75 Å². The lowest BCUT2D eigenvalue weighted by molar-refractivity contribution is -0.144. The Kier molecular flexibility index (Phi) is 12.9. The highest BCUT2D eigenvalue weighted by atomic mass is 16.7. The minimum atomic E-state index is -1.08. The minimum Gasteiger partial charge on any atom is -0.493 e. The van der Waals surface area contributed by atoms with Crippen molar-refractivity contribution in [2.45, 2.75) is 125 Å². The maximum absolute atomic E-state index is 14.5. The summed E-state index contributed by atoms with van der Waals surface area (Å²) in [7, 11) is 1.35. The highest BCUT2D eigenvalue weighted by Gasteiger charge is 2.55. The van der Waals surface area contributed by atoms with Gasteiger partial charge in [-0.15, -0.1) is 0 Å². The monoisotopic (exact) mass is 685 g/mol. The lowest BCUT2D eigenvalue weighted by atomic mass is 9.85. The molecular weight excluding hydrogens is 630 g/mol. The van der Waals surface area contributed by atoms with E-state index in [0.717, 1.165) is 22.4 Å². The molecule has 1 fully saturated rings. The van der Waals surface area contributed by atoms with Gasteiger partial charge in [0.2, 0.25) is 17.6 Å². The Morgan fingerprint density at radius 1 is 1.06 bits per heavy atom. The highest BCUT2D eigenvalue weighted by Crippen LogP contribution is 2.40. The largest absolute Gasteiger partial charge is 0.493 e. The molecule has 1 spiro atoms. The lowest BCUT2D eigenvalue weighted by Gasteiger charge is -2.35. The number of aryl methyl sites for hydroxylation is 2. The third-order valence-corrected chi connectivity index (χ3v) is 9.18. The zero-order valence-corrected chi connectivity index (χ0v) is 30.9. The van der Waals surface area contributed by atoms with Crippen LogP contribution in [-0.4, -0.2) is 90.2 Å². The van der Waals surface area contributed by atoms with Crippen LogP contribution in [0.2, 0.25) is 0 Å². The Morgan fingerprint density at radius 3 is 2.22 bits per heavy atom. The van der Waals surface area contributed by atoms with Gasteiger partial charge in [0.15, 0.2) is 5.60 Å². The summed E-state index contributed by atoms with van der Waals surface area (Å²) in [6, 6.07) is 0.720. The minimum absolute atomic E-state index is 0.000541. The number of carbonyl (C=O) groups excluding carboxylic acids is 5. The average Bonchev–Trinajstić information content (AvgIpc) is 3.63. The normalized spacial score (nSPS) is 20.6. The summed E-state index contributed by atoms with van der Waals surface area (Å²) in [6.45, 7) is 19.3. The zero-order chi connectivity index (χ0) is 36.8. The summed E-state index contributed by atoms with van der Waals surface area (Å²) < 4.78 is 11.3. The number of rotatable bonds is 13. The fraction of sp³-hybridized carbons (Fsp3) is 0.667. The molecule has 1 aromatic rings. The number of hydrogen-bond acceptors (Lipinski definition) is 9. The standard InChI is InChI=1S/C36H55N5O8/c1-12-14-25(28(42)32(44)37-11)38-31(43)27-18-36(17-26(40-49-36)24-15-21(5)29(47-13-2)22(6)16-24)19-41(27)33(45)30(35(8,9)10)39-34(46)48-23(7)20(3)4/h15-16,20,23,25,27,30H,12-14,17-19H2,1-11H3,(H,37,44)(H,38,43)(H,39,46)/t23?,25-,27-,30+,36+/m0/s1. The van der Waals surface area contributed by atoms with Crippen LogP contribution in [0.3, 0.4) is 0 Å². The molecular formula is C36H55N5O8. The van der Waals surface area contributed by atoms with Crippen LogP contribution >= 0.6 is 0 Å². The van der Waals surface area contributed by atoms with E-state index in [4.69, 9.17) is 14.3 Å². The molecule has 0 radical (unpaired) electrons. The topological polar surface area (TPSA) is 165 Å². The van der Waals surface area contributed by atoms with Crippen LogP contribution in [0.25, 0.3) is 0 Å². The molecule has 3 N–H and O–H groups in total. The maximum atomic E-state index is 14.5. The number of benzene rings is 1. The molecule has 272 valence electrons. The first-order valence-corrected chi connectivity index (χ1v) is 17.2. The van der Waals surface area contributed by atoms with Crippen molar-refractivity contribution < 1.29 is 38.3 Å². The van der Waals surface area contributed by atoms with Crippen molar-refractivity contribution in [3.8, 4) is 5.75 Å². The number of carbonyl (C=O) groups is 5. The fourth-order valence-electron chi connectivity index (χ4n) is 6.15. The molecule has 1 unspecified atom stereocenters. The molecule has 49 heavy (non-hydrogen) atoms. The van der Waals surface area contributed by atoms with Crippen LogP contribution in [-0.2, 0) is 28.8 Å². The number of oxime groups is 1.